The van der Waals surface area contributed by atoms with Crippen LogP contribution in [0.4, 0.5) is 0 Å². The molecule has 0 bridgehead atoms. The quantitative estimate of drug-likeness (QED) is 0.624. The van der Waals surface area contributed by atoms with Crippen LogP contribution in [0.5, 0.6) is 0 Å². The fourth-order valence-corrected chi connectivity index (χ4v) is 3.80. The standard InChI is InChI=1S/C11H18N2O.C10H18N2.C2H6/c1-8(2)11(4-5-11)9-10(14-3)13-7-6-12-9;1-4-8(7-11)9(12-3)10(2)5-6-10;1-2/h7-8,12H,4-6H2,1-3H3;7H,4-6,11H2,1-3H3;1-2H3/b;8-7-,12-9?;. The zero-order valence-corrected chi connectivity index (χ0v) is 19.4. The minimum absolute atomic E-state index is 0.323. The van der Waals surface area contributed by atoms with Crippen molar-refractivity contribution in [2.24, 2.45) is 32.5 Å². The summed E-state index contributed by atoms with van der Waals surface area (Å²) in [6.45, 7) is 13.8. The molecule has 0 spiro atoms. The van der Waals surface area contributed by atoms with Crippen molar-refractivity contribution >= 4 is 11.9 Å². The third-order valence-electron chi connectivity index (χ3n) is 6.06. The summed E-state index contributed by atoms with van der Waals surface area (Å²) in [5, 5.41) is 3.41. The lowest BCUT2D eigenvalue weighted by Gasteiger charge is -2.27. The zero-order chi connectivity index (χ0) is 21.4. The molecule has 5 heteroatoms. The minimum Gasteiger partial charge on any atom is -0.480 e. The molecule has 0 aromatic rings. The molecule has 160 valence electrons. The Labute approximate surface area is 172 Å². The Balaban J connectivity index is 0.000000260. The van der Waals surface area contributed by atoms with E-state index in [1.807, 2.05) is 27.1 Å². The summed E-state index contributed by atoms with van der Waals surface area (Å²) in [6.07, 6.45) is 9.59. The number of hydrogen-bond acceptors (Lipinski definition) is 5. The van der Waals surface area contributed by atoms with Gasteiger partial charge in [0.25, 0.3) is 0 Å². The fraction of sp³-hybridized carbons (Fsp3) is 0.739. The molecule has 0 atom stereocenters. The first-order valence-corrected chi connectivity index (χ1v) is 10.8. The molecule has 3 rings (SSSR count). The fourth-order valence-electron chi connectivity index (χ4n) is 3.80. The van der Waals surface area contributed by atoms with E-state index in [-0.39, 0.29) is 0 Å². The van der Waals surface area contributed by atoms with Crippen LogP contribution in [0.3, 0.4) is 0 Å². The number of rotatable bonds is 6. The summed E-state index contributed by atoms with van der Waals surface area (Å²) in [7, 11) is 3.55. The van der Waals surface area contributed by atoms with Crippen molar-refractivity contribution in [1.29, 1.82) is 0 Å². The van der Waals surface area contributed by atoms with E-state index in [0.717, 1.165) is 18.8 Å². The van der Waals surface area contributed by atoms with E-state index in [1.54, 1.807) is 13.3 Å². The van der Waals surface area contributed by atoms with Gasteiger partial charge in [-0.15, -0.1) is 0 Å². The highest BCUT2D eigenvalue weighted by atomic mass is 16.5. The van der Waals surface area contributed by atoms with Gasteiger partial charge in [0.1, 0.15) is 0 Å². The Morgan fingerprint density at radius 3 is 2.29 bits per heavy atom. The smallest absolute Gasteiger partial charge is 0.233 e. The average Bonchev–Trinajstić information content (AvgIpc) is 3.65. The van der Waals surface area contributed by atoms with Gasteiger partial charge in [-0.2, -0.15) is 0 Å². The lowest BCUT2D eigenvalue weighted by molar-refractivity contribution is 0.260. The molecule has 5 nitrogen and oxygen atoms in total. The Kier molecular flexibility index (Phi) is 9.25. The average molecular weight is 391 g/mol. The first kappa shape index (κ1) is 24.3. The first-order valence-electron chi connectivity index (χ1n) is 10.8. The molecule has 0 saturated heterocycles. The van der Waals surface area contributed by atoms with E-state index in [0.29, 0.717) is 16.7 Å². The van der Waals surface area contributed by atoms with Gasteiger partial charge in [-0.25, -0.2) is 4.99 Å². The van der Waals surface area contributed by atoms with Gasteiger partial charge in [-0.05, 0) is 49.8 Å². The maximum atomic E-state index is 5.54. The van der Waals surface area contributed by atoms with Crippen molar-refractivity contribution in [3.8, 4) is 0 Å². The minimum atomic E-state index is 0.323. The van der Waals surface area contributed by atoms with E-state index in [4.69, 9.17) is 10.5 Å². The largest absolute Gasteiger partial charge is 0.480 e. The molecular formula is C23H42N4O. The third-order valence-corrected chi connectivity index (χ3v) is 6.06. The van der Waals surface area contributed by atoms with Crippen molar-refractivity contribution in [3.63, 3.8) is 0 Å². The van der Waals surface area contributed by atoms with Crippen LogP contribution in [0.1, 0.15) is 73.6 Å². The maximum Gasteiger partial charge on any atom is 0.233 e. The van der Waals surface area contributed by atoms with E-state index < -0.39 is 0 Å². The van der Waals surface area contributed by atoms with Gasteiger partial charge in [0.2, 0.25) is 5.88 Å². The lowest BCUT2D eigenvalue weighted by atomic mass is 9.88. The highest BCUT2D eigenvalue weighted by Crippen LogP contribution is 2.57. The Bertz CT molecular complexity index is 621. The van der Waals surface area contributed by atoms with E-state index in [1.165, 1.54) is 42.7 Å². The molecule has 2 fully saturated rings. The Morgan fingerprint density at radius 1 is 1.32 bits per heavy atom. The molecule has 1 aliphatic heterocycles. The van der Waals surface area contributed by atoms with Crippen molar-refractivity contribution in [3.05, 3.63) is 23.4 Å². The molecule has 0 aromatic carbocycles. The van der Waals surface area contributed by atoms with Crippen molar-refractivity contribution in [2.75, 3.05) is 20.7 Å². The van der Waals surface area contributed by atoms with E-state index in [2.05, 4.69) is 43.0 Å². The van der Waals surface area contributed by atoms with Gasteiger partial charge in [0.05, 0.1) is 19.4 Å². The summed E-state index contributed by atoms with van der Waals surface area (Å²) >= 11 is 0. The van der Waals surface area contributed by atoms with Gasteiger partial charge in [-0.1, -0.05) is 41.5 Å². The van der Waals surface area contributed by atoms with Crippen molar-refractivity contribution < 1.29 is 4.74 Å². The van der Waals surface area contributed by atoms with Crippen LogP contribution in [0, 0.1) is 16.7 Å². The number of methoxy groups -OCH3 is 1. The van der Waals surface area contributed by atoms with Crippen LogP contribution < -0.4 is 11.1 Å². The second kappa shape index (κ2) is 10.7. The monoisotopic (exact) mass is 390 g/mol. The number of nitrogens with two attached hydrogens (primary N) is 1. The predicted molar refractivity (Wildman–Crippen MR) is 122 cm³/mol. The summed E-state index contributed by atoms with van der Waals surface area (Å²) in [5.41, 5.74) is 9.85. The van der Waals surface area contributed by atoms with Crippen molar-refractivity contribution in [1.82, 2.24) is 5.32 Å². The molecule has 3 N–H and O–H groups in total. The van der Waals surface area contributed by atoms with Crippen LogP contribution in [-0.4, -0.2) is 32.6 Å². The normalized spacial score (nSPS) is 21.8. The maximum absolute atomic E-state index is 5.54. The summed E-state index contributed by atoms with van der Waals surface area (Å²) in [6, 6.07) is 0. The lowest BCUT2D eigenvalue weighted by Crippen LogP contribution is -2.30. The first-order chi connectivity index (χ1) is 13.4. The Morgan fingerprint density at radius 2 is 1.93 bits per heavy atom. The molecule has 2 saturated carbocycles. The van der Waals surface area contributed by atoms with Gasteiger partial charge in [-0.3, -0.25) is 4.99 Å². The summed E-state index contributed by atoms with van der Waals surface area (Å²) in [5.74, 6) is 1.44. The summed E-state index contributed by atoms with van der Waals surface area (Å²) < 4.78 is 5.30. The van der Waals surface area contributed by atoms with E-state index in [9.17, 15) is 0 Å². The van der Waals surface area contributed by atoms with Gasteiger partial charge < -0.3 is 15.8 Å². The number of ether oxygens (including phenoxy) is 1. The van der Waals surface area contributed by atoms with Crippen LogP contribution in [-0.2, 0) is 4.74 Å². The number of aliphatic imine (C=N–C) groups is 2. The molecule has 1 heterocycles. The molecule has 0 amide bonds. The Hall–Kier alpha value is -1.78. The van der Waals surface area contributed by atoms with Gasteiger partial charge in [0, 0.05) is 29.8 Å². The highest BCUT2D eigenvalue weighted by Gasteiger charge is 2.51. The SMILES string of the molecule is CC.CC/C(=C/N)C(=NC)C1(C)CC1.COC1=C(C2(C(C)C)CC2)NCC=N1. The molecule has 2 aliphatic carbocycles. The van der Waals surface area contributed by atoms with Crippen molar-refractivity contribution in [2.45, 2.75) is 73.6 Å². The third kappa shape index (κ3) is 5.39. The van der Waals surface area contributed by atoms with Crippen LogP contribution in [0.2, 0.25) is 0 Å². The zero-order valence-electron chi connectivity index (χ0n) is 19.4. The summed E-state index contributed by atoms with van der Waals surface area (Å²) in [4.78, 5) is 8.62. The number of nitrogens with zero attached hydrogens (tertiary/aromatic N) is 2. The second-order valence-electron chi connectivity index (χ2n) is 8.07. The number of allylic oxidation sites excluding steroid dienone is 2. The predicted octanol–water partition coefficient (Wildman–Crippen LogP) is 5.05. The van der Waals surface area contributed by atoms with Gasteiger partial charge in [0.15, 0.2) is 0 Å². The van der Waals surface area contributed by atoms with Gasteiger partial charge >= 0.3 is 0 Å². The van der Waals surface area contributed by atoms with Crippen LogP contribution in [0.15, 0.2) is 33.3 Å². The molecule has 28 heavy (non-hydrogen) atoms. The highest BCUT2D eigenvalue weighted by molar-refractivity contribution is 6.05. The van der Waals surface area contributed by atoms with E-state index >= 15 is 0 Å². The topological polar surface area (TPSA) is 72.0 Å². The number of hydrogen-bond donors (Lipinski definition) is 2. The number of nitrogens with one attached hydrogen (secondary N) is 1. The second-order valence-corrected chi connectivity index (χ2v) is 8.07. The van der Waals surface area contributed by atoms with Crippen LogP contribution >= 0.6 is 0 Å². The molecule has 0 aromatic heterocycles. The molecular weight excluding hydrogens is 348 g/mol. The molecule has 0 radical (unpaired) electrons. The molecule has 0 unspecified atom stereocenters. The van der Waals surface area contributed by atoms with Crippen LogP contribution in [0.25, 0.3) is 0 Å². The molecule has 3 aliphatic rings.